The number of benzene rings is 1. The maximum atomic E-state index is 12.7. The number of hydrogen-bond acceptors (Lipinski definition) is 6. The van der Waals surface area contributed by atoms with E-state index in [0.29, 0.717) is 31.6 Å². The Hall–Kier alpha value is -2.29. The fourth-order valence-electron chi connectivity index (χ4n) is 3.27. The van der Waals surface area contributed by atoms with E-state index in [1.54, 1.807) is 6.07 Å². The van der Waals surface area contributed by atoms with E-state index >= 15 is 0 Å². The van der Waals surface area contributed by atoms with Crippen molar-refractivity contribution in [2.75, 3.05) is 13.2 Å². The molecule has 1 fully saturated rings. The predicted molar refractivity (Wildman–Crippen MR) is 89.3 cm³/mol. The Morgan fingerprint density at radius 3 is 2.88 bits per heavy atom. The number of nitrogens with two attached hydrogens (primary N) is 1. The number of aliphatic hydroxyl groups is 1. The van der Waals surface area contributed by atoms with E-state index in [1.165, 1.54) is 4.90 Å². The normalized spacial score (nSPS) is 21.3. The minimum Gasteiger partial charge on any atom is -0.395 e. The molecule has 0 spiro atoms. The van der Waals surface area contributed by atoms with Crippen molar-refractivity contribution in [3.05, 3.63) is 34.9 Å². The van der Waals surface area contributed by atoms with E-state index in [-0.39, 0.29) is 30.9 Å². The summed E-state index contributed by atoms with van der Waals surface area (Å²) in [7, 11) is 0. The number of nitrogens with one attached hydrogen (secondary N) is 2. The number of aliphatic hydroxyl groups excluding tert-OH is 1. The van der Waals surface area contributed by atoms with Gasteiger partial charge in [0.15, 0.2) is 0 Å². The first-order valence-electron chi connectivity index (χ1n) is 8.34. The van der Waals surface area contributed by atoms with E-state index in [2.05, 4.69) is 10.6 Å². The van der Waals surface area contributed by atoms with Gasteiger partial charge in [-0.2, -0.15) is 0 Å². The van der Waals surface area contributed by atoms with Crippen LogP contribution in [0.5, 0.6) is 0 Å². The molecular weight excluding hydrogens is 324 g/mol. The molecule has 2 aliphatic heterocycles. The number of rotatable bonds is 6. The smallest absolute Gasteiger partial charge is 0.255 e. The molecular formula is C17H22N4O4. The quantitative estimate of drug-likeness (QED) is 0.483. The molecule has 2 aliphatic rings. The molecule has 25 heavy (non-hydrogen) atoms. The van der Waals surface area contributed by atoms with Gasteiger partial charge in [-0.15, -0.1) is 0 Å². The van der Waals surface area contributed by atoms with Crippen molar-refractivity contribution in [2.24, 2.45) is 5.73 Å². The van der Waals surface area contributed by atoms with E-state index in [9.17, 15) is 14.4 Å². The van der Waals surface area contributed by atoms with Gasteiger partial charge in [0, 0.05) is 37.7 Å². The predicted octanol–water partition coefficient (Wildman–Crippen LogP) is -1.14. The van der Waals surface area contributed by atoms with E-state index in [4.69, 9.17) is 10.8 Å². The van der Waals surface area contributed by atoms with Crippen molar-refractivity contribution >= 4 is 17.7 Å². The monoisotopic (exact) mass is 346 g/mol. The highest BCUT2D eigenvalue weighted by molar-refractivity contribution is 6.05. The van der Waals surface area contributed by atoms with Gasteiger partial charge in [-0.25, -0.2) is 0 Å². The fourth-order valence-corrected chi connectivity index (χ4v) is 3.27. The van der Waals surface area contributed by atoms with Gasteiger partial charge >= 0.3 is 0 Å². The molecule has 2 unspecified atom stereocenters. The maximum absolute atomic E-state index is 12.7. The Morgan fingerprint density at radius 2 is 2.16 bits per heavy atom. The van der Waals surface area contributed by atoms with Gasteiger partial charge < -0.3 is 21.1 Å². The van der Waals surface area contributed by atoms with Crippen molar-refractivity contribution in [2.45, 2.75) is 38.0 Å². The molecule has 1 aromatic rings. The van der Waals surface area contributed by atoms with Crippen LogP contribution in [0.3, 0.4) is 0 Å². The van der Waals surface area contributed by atoms with Crippen molar-refractivity contribution in [3.8, 4) is 0 Å². The van der Waals surface area contributed by atoms with Crippen LogP contribution in [0.25, 0.3) is 0 Å². The van der Waals surface area contributed by atoms with Crippen LogP contribution in [0.4, 0.5) is 0 Å². The summed E-state index contributed by atoms with van der Waals surface area (Å²) in [4.78, 5) is 37.6. The number of imide groups is 1. The highest BCUT2D eigenvalue weighted by Crippen LogP contribution is 2.29. The lowest BCUT2D eigenvalue weighted by atomic mass is 10.0. The van der Waals surface area contributed by atoms with Crippen LogP contribution in [0.1, 0.15) is 34.3 Å². The van der Waals surface area contributed by atoms with Crippen molar-refractivity contribution in [1.82, 2.24) is 15.5 Å². The molecule has 0 aliphatic carbocycles. The number of amides is 3. The Labute approximate surface area is 145 Å². The summed E-state index contributed by atoms with van der Waals surface area (Å²) in [5.41, 5.74) is 8.12. The maximum Gasteiger partial charge on any atom is 0.255 e. The summed E-state index contributed by atoms with van der Waals surface area (Å²) in [6.45, 7) is 1.24. The third kappa shape index (κ3) is 3.55. The lowest BCUT2D eigenvalue weighted by Crippen LogP contribution is -2.52. The summed E-state index contributed by atoms with van der Waals surface area (Å²) in [6.07, 6.45) is 0.591. The Kier molecular flexibility index (Phi) is 5.12. The highest BCUT2D eigenvalue weighted by atomic mass is 16.3. The van der Waals surface area contributed by atoms with Crippen LogP contribution in [-0.2, 0) is 22.7 Å². The zero-order valence-corrected chi connectivity index (χ0v) is 13.8. The molecule has 8 heteroatoms. The summed E-state index contributed by atoms with van der Waals surface area (Å²) in [5.74, 6) is -0.889. The SMILES string of the molecule is NC(CO)CNCc1cccc2c1CN(C1CCC(=O)NC1=O)C2=O. The third-order valence-corrected chi connectivity index (χ3v) is 4.64. The van der Waals surface area contributed by atoms with Gasteiger partial charge in [0.2, 0.25) is 11.8 Å². The molecule has 2 atom stereocenters. The molecule has 1 saturated heterocycles. The standard InChI is InChI=1S/C17H22N4O4/c18-11(9-22)7-19-6-10-2-1-3-12-13(10)8-21(17(12)25)14-4-5-15(23)20-16(14)24/h1-3,11,14,19,22H,4-9,18H2,(H,20,23,24). The zero-order chi connectivity index (χ0) is 18.0. The summed E-state index contributed by atoms with van der Waals surface area (Å²) in [5, 5.41) is 14.4. The van der Waals surface area contributed by atoms with Gasteiger partial charge in [0.25, 0.3) is 5.91 Å². The van der Waals surface area contributed by atoms with Gasteiger partial charge in [-0.05, 0) is 23.6 Å². The molecule has 5 N–H and O–H groups in total. The highest BCUT2D eigenvalue weighted by Gasteiger charge is 2.39. The number of fused-ring (bicyclic) bond motifs is 1. The average molecular weight is 346 g/mol. The molecule has 8 nitrogen and oxygen atoms in total. The van der Waals surface area contributed by atoms with Crippen LogP contribution in [0.15, 0.2) is 18.2 Å². The minimum absolute atomic E-state index is 0.0956. The van der Waals surface area contributed by atoms with E-state index in [1.807, 2.05) is 12.1 Å². The molecule has 3 rings (SSSR count). The molecule has 0 saturated carbocycles. The first-order chi connectivity index (χ1) is 12.0. The molecule has 3 amide bonds. The summed E-state index contributed by atoms with van der Waals surface area (Å²) >= 11 is 0. The first-order valence-corrected chi connectivity index (χ1v) is 8.34. The number of carbonyl (C=O) groups excluding carboxylic acids is 3. The molecule has 0 bridgehead atoms. The topological polar surface area (TPSA) is 125 Å². The number of nitrogens with zero attached hydrogens (tertiary/aromatic N) is 1. The van der Waals surface area contributed by atoms with Crippen LogP contribution >= 0.6 is 0 Å². The fraction of sp³-hybridized carbons (Fsp3) is 0.471. The molecule has 0 radical (unpaired) electrons. The Bertz CT molecular complexity index is 706. The average Bonchev–Trinajstić information content (AvgIpc) is 2.92. The van der Waals surface area contributed by atoms with E-state index in [0.717, 1.165) is 11.1 Å². The van der Waals surface area contributed by atoms with Crippen LogP contribution < -0.4 is 16.4 Å². The van der Waals surface area contributed by atoms with Crippen LogP contribution in [0, 0.1) is 0 Å². The second kappa shape index (κ2) is 7.30. The molecule has 0 aromatic heterocycles. The largest absolute Gasteiger partial charge is 0.395 e. The van der Waals surface area contributed by atoms with Gasteiger partial charge in [0.1, 0.15) is 6.04 Å². The third-order valence-electron chi connectivity index (χ3n) is 4.64. The summed E-state index contributed by atoms with van der Waals surface area (Å²) < 4.78 is 0. The second-order valence-electron chi connectivity index (χ2n) is 6.42. The molecule has 134 valence electrons. The zero-order valence-electron chi connectivity index (χ0n) is 13.8. The van der Waals surface area contributed by atoms with Crippen LogP contribution in [0.2, 0.25) is 0 Å². The minimum atomic E-state index is -0.610. The van der Waals surface area contributed by atoms with Gasteiger partial charge in [0.05, 0.1) is 6.61 Å². The number of piperidine rings is 1. The lowest BCUT2D eigenvalue weighted by molar-refractivity contribution is -0.136. The van der Waals surface area contributed by atoms with Crippen molar-refractivity contribution in [1.29, 1.82) is 0 Å². The Morgan fingerprint density at radius 1 is 1.36 bits per heavy atom. The second-order valence-corrected chi connectivity index (χ2v) is 6.42. The van der Waals surface area contributed by atoms with Crippen LogP contribution in [-0.4, -0.2) is 53.0 Å². The molecule has 1 aromatic carbocycles. The number of hydrogen-bond donors (Lipinski definition) is 4. The summed E-state index contributed by atoms with van der Waals surface area (Å²) in [6, 6.07) is 4.55. The van der Waals surface area contributed by atoms with Crippen molar-refractivity contribution < 1.29 is 19.5 Å². The number of carbonyl (C=O) groups is 3. The molecule has 2 heterocycles. The van der Waals surface area contributed by atoms with Crippen molar-refractivity contribution in [3.63, 3.8) is 0 Å². The van der Waals surface area contributed by atoms with Gasteiger partial charge in [-0.3, -0.25) is 19.7 Å². The van der Waals surface area contributed by atoms with E-state index < -0.39 is 11.9 Å². The van der Waals surface area contributed by atoms with Gasteiger partial charge in [-0.1, -0.05) is 12.1 Å². The first kappa shape index (κ1) is 17.5. The lowest BCUT2D eigenvalue weighted by Gasteiger charge is -2.29. The Balaban J connectivity index is 1.73.